The van der Waals surface area contributed by atoms with Crippen LogP contribution >= 0.6 is 24.2 Å². The van der Waals surface area contributed by atoms with Crippen molar-refractivity contribution >= 4 is 28.5 Å². The van der Waals surface area contributed by atoms with Crippen molar-refractivity contribution in [2.45, 2.75) is 0 Å². The summed E-state index contributed by atoms with van der Waals surface area (Å²) in [5, 5.41) is 5.30. The quantitative estimate of drug-likeness (QED) is 0.424. The van der Waals surface area contributed by atoms with Crippen molar-refractivity contribution in [3.8, 4) is 0 Å². The average Bonchev–Trinajstić information content (AvgIpc) is 2.05. The SMILES string of the molecule is NSC(=S)N1CCOCC1. The minimum Gasteiger partial charge on any atom is -0.378 e. The van der Waals surface area contributed by atoms with Crippen LogP contribution in [-0.4, -0.2) is 35.5 Å². The van der Waals surface area contributed by atoms with Crippen molar-refractivity contribution < 1.29 is 4.74 Å². The van der Waals surface area contributed by atoms with Gasteiger partial charge in [0.05, 0.1) is 13.2 Å². The van der Waals surface area contributed by atoms with Crippen LogP contribution in [0.25, 0.3) is 0 Å². The van der Waals surface area contributed by atoms with Crippen molar-refractivity contribution in [3.05, 3.63) is 0 Å². The van der Waals surface area contributed by atoms with E-state index in [1.54, 1.807) is 0 Å². The molecule has 0 aromatic heterocycles. The summed E-state index contributed by atoms with van der Waals surface area (Å²) in [6.45, 7) is 3.29. The van der Waals surface area contributed by atoms with Crippen molar-refractivity contribution in [1.29, 1.82) is 0 Å². The van der Waals surface area contributed by atoms with Gasteiger partial charge in [0.2, 0.25) is 0 Å². The van der Waals surface area contributed by atoms with E-state index in [1.165, 1.54) is 0 Å². The summed E-state index contributed by atoms with van der Waals surface area (Å²) in [7, 11) is 0. The number of nitrogens with two attached hydrogens (primary N) is 1. The second-order valence-corrected chi connectivity index (χ2v) is 3.25. The molecule has 0 aliphatic carbocycles. The first-order valence-electron chi connectivity index (χ1n) is 3.08. The largest absolute Gasteiger partial charge is 0.378 e. The first-order valence-corrected chi connectivity index (χ1v) is 4.37. The van der Waals surface area contributed by atoms with Gasteiger partial charge >= 0.3 is 0 Å². The number of rotatable bonds is 0. The summed E-state index contributed by atoms with van der Waals surface area (Å²) in [5.74, 6) is 0. The standard InChI is InChI=1S/C5H10N2OS2/c6-10-5(9)7-1-3-8-4-2-7/h1-4,6H2. The Morgan fingerprint density at radius 3 is 2.60 bits per heavy atom. The van der Waals surface area contributed by atoms with Gasteiger partial charge in [0.15, 0.2) is 4.32 Å². The molecule has 0 amide bonds. The zero-order chi connectivity index (χ0) is 7.40. The van der Waals surface area contributed by atoms with E-state index >= 15 is 0 Å². The Kier molecular flexibility index (Phi) is 3.41. The lowest BCUT2D eigenvalue weighted by atomic mass is 10.5. The fourth-order valence-electron chi connectivity index (χ4n) is 0.820. The van der Waals surface area contributed by atoms with Crippen molar-refractivity contribution in [2.24, 2.45) is 5.14 Å². The summed E-state index contributed by atoms with van der Waals surface area (Å²) < 4.78 is 5.91. The monoisotopic (exact) mass is 178 g/mol. The van der Waals surface area contributed by atoms with Crippen LogP contribution in [0.2, 0.25) is 0 Å². The van der Waals surface area contributed by atoms with E-state index in [4.69, 9.17) is 22.1 Å². The molecular formula is C5H10N2OS2. The Morgan fingerprint density at radius 1 is 1.50 bits per heavy atom. The summed E-state index contributed by atoms with van der Waals surface area (Å²) in [6.07, 6.45) is 0. The Morgan fingerprint density at radius 2 is 2.10 bits per heavy atom. The minimum absolute atomic E-state index is 0.765. The van der Waals surface area contributed by atoms with E-state index in [0.29, 0.717) is 0 Å². The molecule has 0 spiro atoms. The van der Waals surface area contributed by atoms with Crippen LogP contribution in [-0.2, 0) is 4.74 Å². The second-order valence-electron chi connectivity index (χ2n) is 1.98. The molecule has 3 nitrogen and oxygen atoms in total. The Labute approximate surface area is 70.0 Å². The molecule has 1 aliphatic heterocycles. The molecule has 58 valence electrons. The zero-order valence-corrected chi connectivity index (χ0v) is 7.21. The highest BCUT2D eigenvalue weighted by Crippen LogP contribution is 2.04. The summed E-state index contributed by atoms with van der Waals surface area (Å²) in [4.78, 5) is 2.06. The molecule has 1 fully saturated rings. The van der Waals surface area contributed by atoms with Gasteiger partial charge in [-0.3, -0.25) is 5.14 Å². The Bertz CT molecular complexity index is 125. The van der Waals surface area contributed by atoms with Crippen LogP contribution in [0.5, 0.6) is 0 Å². The maximum atomic E-state index is 5.30. The summed E-state index contributed by atoms with van der Waals surface area (Å²) in [6, 6.07) is 0. The van der Waals surface area contributed by atoms with E-state index in [-0.39, 0.29) is 0 Å². The van der Waals surface area contributed by atoms with Gasteiger partial charge in [-0.15, -0.1) is 0 Å². The van der Waals surface area contributed by atoms with Gasteiger partial charge in [-0.2, -0.15) is 0 Å². The topological polar surface area (TPSA) is 38.5 Å². The number of thiocarbonyl (C=S) groups is 1. The fourth-order valence-corrected chi connectivity index (χ4v) is 1.33. The molecule has 0 radical (unpaired) electrons. The third kappa shape index (κ3) is 2.09. The van der Waals surface area contributed by atoms with E-state index < -0.39 is 0 Å². The molecule has 0 unspecified atom stereocenters. The van der Waals surface area contributed by atoms with Gasteiger partial charge < -0.3 is 9.64 Å². The number of hydrogen-bond donors (Lipinski definition) is 1. The van der Waals surface area contributed by atoms with E-state index in [1.807, 2.05) is 0 Å². The van der Waals surface area contributed by atoms with Crippen LogP contribution in [0.1, 0.15) is 0 Å². The van der Waals surface area contributed by atoms with Crippen LogP contribution in [0.4, 0.5) is 0 Å². The maximum Gasteiger partial charge on any atom is 0.151 e. The van der Waals surface area contributed by atoms with Crippen molar-refractivity contribution in [2.75, 3.05) is 26.3 Å². The maximum absolute atomic E-state index is 5.30. The van der Waals surface area contributed by atoms with Gasteiger partial charge in [0.25, 0.3) is 0 Å². The average molecular weight is 178 g/mol. The Balaban J connectivity index is 2.31. The minimum atomic E-state index is 0.765. The predicted octanol–water partition coefficient (Wildman–Crippen LogP) is 0.210. The van der Waals surface area contributed by atoms with Gasteiger partial charge in [-0.25, -0.2) is 0 Å². The highest BCUT2D eigenvalue weighted by molar-refractivity contribution is 8.21. The summed E-state index contributed by atoms with van der Waals surface area (Å²) >= 11 is 6.12. The molecule has 0 aromatic rings. The molecule has 0 saturated carbocycles. The first-order chi connectivity index (χ1) is 4.84. The zero-order valence-electron chi connectivity index (χ0n) is 5.58. The third-order valence-corrected chi connectivity index (χ3v) is 2.38. The Hall–Kier alpha value is 0.160. The van der Waals surface area contributed by atoms with Crippen molar-refractivity contribution in [1.82, 2.24) is 4.90 Å². The number of morpholine rings is 1. The lowest BCUT2D eigenvalue weighted by molar-refractivity contribution is 0.0702. The van der Waals surface area contributed by atoms with Gasteiger partial charge in [0.1, 0.15) is 0 Å². The molecular weight excluding hydrogens is 168 g/mol. The molecule has 0 aromatic carbocycles. The van der Waals surface area contributed by atoms with Gasteiger partial charge in [-0.1, -0.05) is 12.2 Å². The number of ether oxygens (including phenoxy) is 1. The molecule has 1 aliphatic rings. The highest BCUT2D eigenvalue weighted by atomic mass is 32.2. The molecule has 0 atom stereocenters. The molecule has 10 heavy (non-hydrogen) atoms. The second kappa shape index (κ2) is 4.12. The van der Waals surface area contributed by atoms with Crippen LogP contribution in [0.3, 0.4) is 0 Å². The molecule has 1 heterocycles. The molecule has 5 heteroatoms. The van der Waals surface area contributed by atoms with E-state index in [2.05, 4.69) is 4.90 Å². The third-order valence-electron chi connectivity index (χ3n) is 1.37. The molecule has 1 rings (SSSR count). The predicted molar refractivity (Wildman–Crippen MR) is 46.8 cm³/mol. The van der Waals surface area contributed by atoms with Crippen LogP contribution < -0.4 is 5.14 Å². The lowest BCUT2D eigenvalue weighted by Crippen LogP contribution is -2.38. The first kappa shape index (κ1) is 8.26. The smallest absolute Gasteiger partial charge is 0.151 e. The lowest BCUT2D eigenvalue weighted by Gasteiger charge is -2.27. The van der Waals surface area contributed by atoms with Gasteiger partial charge in [-0.05, 0) is 11.9 Å². The molecule has 2 N–H and O–H groups in total. The highest BCUT2D eigenvalue weighted by Gasteiger charge is 2.12. The number of hydrogen-bond acceptors (Lipinski definition) is 4. The fraction of sp³-hybridized carbons (Fsp3) is 0.800. The van der Waals surface area contributed by atoms with Crippen LogP contribution in [0, 0.1) is 0 Å². The summed E-state index contributed by atoms with van der Waals surface area (Å²) in [5.41, 5.74) is 0. The normalized spacial score (nSPS) is 19.1. The number of nitrogens with zero attached hydrogens (tertiary/aromatic N) is 1. The molecule has 1 saturated heterocycles. The van der Waals surface area contributed by atoms with Crippen molar-refractivity contribution in [3.63, 3.8) is 0 Å². The van der Waals surface area contributed by atoms with Gasteiger partial charge in [0, 0.05) is 13.1 Å². The van der Waals surface area contributed by atoms with E-state index in [0.717, 1.165) is 42.6 Å². The van der Waals surface area contributed by atoms with E-state index in [9.17, 15) is 0 Å². The molecule has 0 bridgehead atoms. The van der Waals surface area contributed by atoms with Crippen LogP contribution in [0.15, 0.2) is 0 Å².